The van der Waals surface area contributed by atoms with E-state index >= 15 is 0 Å². The Morgan fingerprint density at radius 1 is 1.00 bits per heavy atom. The third-order valence-electron chi connectivity index (χ3n) is 5.29. The maximum Gasteiger partial charge on any atom is 0.255 e. The predicted molar refractivity (Wildman–Crippen MR) is 117 cm³/mol. The molecule has 2 aromatic rings. The first-order chi connectivity index (χ1) is 14.0. The zero-order valence-electron chi connectivity index (χ0n) is 17.1. The second-order valence-corrected chi connectivity index (χ2v) is 9.07. The van der Waals surface area contributed by atoms with Crippen molar-refractivity contribution in [2.45, 2.75) is 38.0 Å². The summed E-state index contributed by atoms with van der Waals surface area (Å²) in [5, 5.41) is 2.95. The largest absolute Gasteiger partial charge is 0.370 e. The number of anilines is 2. The number of piperidine rings is 1. The summed E-state index contributed by atoms with van der Waals surface area (Å²) in [5.74, 6) is -0.249. The average molecular weight is 416 g/mol. The molecule has 156 valence electrons. The number of sulfonamides is 1. The van der Waals surface area contributed by atoms with Crippen molar-refractivity contribution in [3.8, 4) is 0 Å². The summed E-state index contributed by atoms with van der Waals surface area (Å²) in [6.07, 6.45) is 3.37. The SMILES string of the molecule is CCN(CC)S(=O)(=O)c1ccc(N2CCCCC2)c(NC(=O)c2ccccc2)c1. The van der Waals surface area contributed by atoms with E-state index in [4.69, 9.17) is 0 Å². The maximum atomic E-state index is 13.0. The van der Waals surface area contributed by atoms with Gasteiger partial charge in [0.05, 0.1) is 16.3 Å². The smallest absolute Gasteiger partial charge is 0.255 e. The van der Waals surface area contributed by atoms with Crippen LogP contribution >= 0.6 is 0 Å². The molecule has 0 atom stereocenters. The number of carbonyl (C=O) groups is 1. The highest BCUT2D eigenvalue weighted by Crippen LogP contribution is 2.32. The lowest BCUT2D eigenvalue weighted by Crippen LogP contribution is -2.32. The minimum absolute atomic E-state index is 0.199. The number of carbonyl (C=O) groups excluding carboxylic acids is 1. The molecule has 7 heteroatoms. The highest BCUT2D eigenvalue weighted by atomic mass is 32.2. The fraction of sp³-hybridized carbons (Fsp3) is 0.409. The summed E-state index contributed by atoms with van der Waals surface area (Å²) < 4.78 is 27.4. The Hall–Kier alpha value is -2.38. The monoisotopic (exact) mass is 415 g/mol. The van der Waals surface area contributed by atoms with Crippen molar-refractivity contribution in [2.75, 3.05) is 36.4 Å². The van der Waals surface area contributed by atoms with Gasteiger partial charge in [-0.1, -0.05) is 32.0 Å². The zero-order valence-corrected chi connectivity index (χ0v) is 17.9. The molecule has 1 aliphatic heterocycles. The van der Waals surface area contributed by atoms with Gasteiger partial charge in [-0.25, -0.2) is 8.42 Å². The van der Waals surface area contributed by atoms with Crippen LogP contribution in [0.2, 0.25) is 0 Å². The summed E-state index contributed by atoms with van der Waals surface area (Å²) in [6.45, 7) is 6.24. The molecular weight excluding hydrogens is 386 g/mol. The maximum absolute atomic E-state index is 13.0. The standard InChI is InChI=1S/C22H29N3O3S/c1-3-25(4-2)29(27,28)19-13-14-21(24-15-9-6-10-16-24)20(17-19)23-22(26)18-11-7-5-8-12-18/h5,7-8,11-14,17H,3-4,6,9-10,15-16H2,1-2H3,(H,23,26). The molecule has 0 bridgehead atoms. The van der Waals surface area contributed by atoms with Crippen molar-refractivity contribution in [3.05, 3.63) is 54.1 Å². The van der Waals surface area contributed by atoms with E-state index in [0.29, 0.717) is 24.3 Å². The second kappa shape index (κ2) is 9.41. The average Bonchev–Trinajstić information content (AvgIpc) is 2.75. The third-order valence-corrected chi connectivity index (χ3v) is 7.34. The van der Waals surface area contributed by atoms with E-state index in [1.54, 1.807) is 24.3 Å². The molecule has 1 fully saturated rings. The fourth-order valence-corrected chi connectivity index (χ4v) is 5.17. The van der Waals surface area contributed by atoms with Crippen LogP contribution < -0.4 is 10.2 Å². The molecule has 2 aromatic carbocycles. The first kappa shape index (κ1) is 21.3. The van der Waals surface area contributed by atoms with E-state index < -0.39 is 10.0 Å². The Balaban J connectivity index is 2.00. The van der Waals surface area contributed by atoms with Crippen molar-refractivity contribution in [2.24, 2.45) is 0 Å². The van der Waals surface area contributed by atoms with Crippen LogP contribution in [0.1, 0.15) is 43.5 Å². The minimum atomic E-state index is -3.61. The number of hydrogen-bond donors (Lipinski definition) is 1. The van der Waals surface area contributed by atoms with E-state index in [0.717, 1.165) is 31.6 Å². The molecule has 0 unspecified atom stereocenters. The highest BCUT2D eigenvalue weighted by molar-refractivity contribution is 7.89. The van der Waals surface area contributed by atoms with Crippen molar-refractivity contribution in [1.82, 2.24) is 4.31 Å². The van der Waals surface area contributed by atoms with Crippen molar-refractivity contribution < 1.29 is 13.2 Å². The van der Waals surface area contributed by atoms with Crippen LogP contribution in [0.3, 0.4) is 0 Å². The Kier molecular flexibility index (Phi) is 6.92. The van der Waals surface area contributed by atoms with Gasteiger partial charge in [-0.05, 0) is 49.6 Å². The molecule has 29 heavy (non-hydrogen) atoms. The van der Waals surface area contributed by atoms with Crippen LogP contribution in [0.25, 0.3) is 0 Å². The summed E-state index contributed by atoms with van der Waals surface area (Å²) in [6, 6.07) is 14.0. The number of benzene rings is 2. The topological polar surface area (TPSA) is 69.7 Å². The van der Waals surface area contributed by atoms with Gasteiger partial charge < -0.3 is 10.2 Å². The molecule has 1 amide bonds. The van der Waals surface area contributed by atoms with Crippen LogP contribution in [0, 0.1) is 0 Å². The lowest BCUT2D eigenvalue weighted by Gasteiger charge is -2.31. The Morgan fingerprint density at radius 2 is 1.66 bits per heavy atom. The van der Waals surface area contributed by atoms with E-state index in [-0.39, 0.29) is 10.8 Å². The van der Waals surface area contributed by atoms with Gasteiger partial charge in [0.2, 0.25) is 10.0 Å². The molecule has 6 nitrogen and oxygen atoms in total. The van der Waals surface area contributed by atoms with Gasteiger partial charge in [0.1, 0.15) is 0 Å². The molecule has 0 saturated carbocycles. The second-order valence-electron chi connectivity index (χ2n) is 7.14. The first-order valence-electron chi connectivity index (χ1n) is 10.2. The van der Waals surface area contributed by atoms with Gasteiger partial charge in [-0.3, -0.25) is 4.79 Å². The molecule has 1 saturated heterocycles. The molecule has 1 heterocycles. The van der Waals surface area contributed by atoms with Gasteiger partial charge in [-0.15, -0.1) is 0 Å². The Labute approximate surface area is 173 Å². The van der Waals surface area contributed by atoms with Crippen LogP contribution in [0.4, 0.5) is 11.4 Å². The molecular formula is C22H29N3O3S. The molecule has 0 spiro atoms. The minimum Gasteiger partial charge on any atom is -0.370 e. The van der Waals surface area contributed by atoms with Gasteiger partial charge >= 0.3 is 0 Å². The third kappa shape index (κ3) is 4.79. The molecule has 3 rings (SSSR count). The summed E-state index contributed by atoms with van der Waals surface area (Å²) in [5.41, 5.74) is 1.94. The van der Waals surface area contributed by atoms with Crippen LogP contribution in [0.15, 0.2) is 53.4 Å². The summed E-state index contributed by atoms with van der Waals surface area (Å²) in [7, 11) is -3.61. The lowest BCUT2D eigenvalue weighted by atomic mass is 10.1. The highest BCUT2D eigenvalue weighted by Gasteiger charge is 2.24. The fourth-order valence-electron chi connectivity index (χ4n) is 3.68. The van der Waals surface area contributed by atoms with Gasteiger partial charge in [0, 0.05) is 31.7 Å². The van der Waals surface area contributed by atoms with Crippen molar-refractivity contribution in [1.29, 1.82) is 0 Å². The number of amides is 1. The Bertz CT molecular complexity index is 935. The van der Waals surface area contributed by atoms with Crippen molar-refractivity contribution >= 4 is 27.3 Å². The summed E-state index contributed by atoms with van der Waals surface area (Å²) in [4.78, 5) is 15.2. The molecule has 0 aromatic heterocycles. The van der Waals surface area contributed by atoms with Crippen LogP contribution in [-0.2, 0) is 10.0 Å². The lowest BCUT2D eigenvalue weighted by molar-refractivity contribution is 0.102. The predicted octanol–water partition coefficient (Wildman–Crippen LogP) is 3.96. The Morgan fingerprint density at radius 3 is 2.28 bits per heavy atom. The van der Waals surface area contributed by atoms with Crippen molar-refractivity contribution in [3.63, 3.8) is 0 Å². The van der Waals surface area contributed by atoms with E-state index in [1.165, 1.54) is 10.7 Å². The number of nitrogens with one attached hydrogen (secondary N) is 1. The van der Waals surface area contributed by atoms with E-state index in [2.05, 4.69) is 10.2 Å². The van der Waals surface area contributed by atoms with Gasteiger partial charge in [0.25, 0.3) is 5.91 Å². The number of hydrogen-bond acceptors (Lipinski definition) is 4. The zero-order chi connectivity index (χ0) is 20.9. The van der Waals surface area contributed by atoms with E-state index in [9.17, 15) is 13.2 Å². The van der Waals surface area contributed by atoms with Gasteiger partial charge in [-0.2, -0.15) is 4.31 Å². The van der Waals surface area contributed by atoms with Crippen LogP contribution in [-0.4, -0.2) is 44.8 Å². The number of rotatable bonds is 7. The van der Waals surface area contributed by atoms with Gasteiger partial charge in [0.15, 0.2) is 0 Å². The quantitative estimate of drug-likeness (QED) is 0.743. The molecule has 1 aliphatic rings. The molecule has 1 N–H and O–H groups in total. The molecule has 0 aliphatic carbocycles. The normalized spacial score (nSPS) is 14.8. The summed E-state index contributed by atoms with van der Waals surface area (Å²) >= 11 is 0. The first-order valence-corrected chi connectivity index (χ1v) is 11.7. The number of nitrogens with zero attached hydrogens (tertiary/aromatic N) is 2. The molecule has 0 radical (unpaired) electrons. The van der Waals surface area contributed by atoms with E-state index in [1.807, 2.05) is 38.1 Å². The van der Waals surface area contributed by atoms with Crippen LogP contribution in [0.5, 0.6) is 0 Å².